The molecular formula is C72H114N24O18S. The molecule has 0 aromatic heterocycles. The average molecular weight is 1640 g/mol. The second-order valence-electron chi connectivity index (χ2n) is 28.8. The number of primary amides is 2. The molecule has 0 radical (unpaired) electrons. The quantitative estimate of drug-likeness (QED) is 0.0171. The Morgan fingerprint density at radius 1 is 0.530 bits per heavy atom. The number of aromatic hydroxyl groups is 1. The largest absolute Gasteiger partial charge is 0.508 e. The Bertz CT molecular complexity index is 3770. The third-order valence-electron chi connectivity index (χ3n) is 18.0. The molecular weight excluding hydrogens is 1520 g/mol. The fraction of sp³-hybridized carbons (Fsp3) is 0.583. The molecule has 42 nitrogen and oxygen atoms in total. The first-order chi connectivity index (χ1) is 54.3. The number of aliphatic hydroxyl groups excluding tert-OH is 2. The number of phenolic OH excluding ortho intramolecular Hbond substituents is 1. The average Bonchev–Trinajstić information content (AvgIpc) is 1.71. The molecule has 43 heteroatoms. The molecule has 0 saturated carbocycles. The van der Waals surface area contributed by atoms with Crippen LogP contribution in [0.3, 0.4) is 0 Å². The monoisotopic (exact) mass is 1630 g/mol. The lowest BCUT2D eigenvalue weighted by atomic mass is 10.00. The number of hydrogen-bond donors (Lipinski definition) is 23. The molecule has 14 atom stereocenters. The van der Waals surface area contributed by atoms with Crippen LogP contribution in [0.1, 0.15) is 123 Å². The summed E-state index contributed by atoms with van der Waals surface area (Å²) in [7, 11) is 0. The van der Waals surface area contributed by atoms with Gasteiger partial charge in [0.15, 0.2) is 17.9 Å². The highest BCUT2D eigenvalue weighted by atomic mass is 32.2. The number of nitrogens with one attached hydrogen (secondary N) is 12. The lowest BCUT2D eigenvalue weighted by Crippen LogP contribution is -2.62. The zero-order valence-electron chi connectivity index (χ0n) is 65.4. The maximum Gasteiger partial charge on any atom is 0.245 e. The first-order valence-corrected chi connectivity index (χ1v) is 38.8. The Hall–Kier alpha value is -11.6. The van der Waals surface area contributed by atoms with Gasteiger partial charge in [-0.25, -0.2) is 0 Å². The summed E-state index contributed by atoms with van der Waals surface area (Å²) in [6, 6.07) is -6.33. The van der Waals surface area contributed by atoms with Crippen LogP contribution in [0.4, 0.5) is 0 Å². The van der Waals surface area contributed by atoms with Gasteiger partial charge < -0.3 is 130 Å². The number of carbonyl (C=O) groups is 15. The van der Waals surface area contributed by atoms with Crippen molar-refractivity contribution in [1.29, 1.82) is 0 Å². The molecule has 0 aliphatic carbocycles. The number of guanidine groups is 3. The van der Waals surface area contributed by atoms with Gasteiger partial charge in [0.1, 0.15) is 84.3 Å². The van der Waals surface area contributed by atoms with E-state index in [1.165, 1.54) is 38.1 Å². The van der Waals surface area contributed by atoms with E-state index in [9.17, 15) is 82.4 Å². The minimum Gasteiger partial charge on any atom is -0.508 e. The van der Waals surface area contributed by atoms with Gasteiger partial charge in [0, 0.05) is 44.8 Å². The Morgan fingerprint density at radius 3 is 1.53 bits per heavy atom. The number of phenols is 1. The molecule has 2 aromatic carbocycles. The van der Waals surface area contributed by atoms with Gasteiger partial charge in [-0.05, 0) is 113 Å². The van der Waals surface area contributed by atoms with Crippen LogP contribution >= 0.6 is 11.8 Å². The molecule has 15 amide bonds. The fourth-order valence-corrected chi connectivity index (χ4v) is 13.0. The minimum atomic E-state index is -1.86. The Kier molecular flexibility index (Phi) is 40.3. The lowest BCUT2D eigenvalue weighted by Gasteiger charge is -2.30. The molecule has 636 valence electrons. The van der Waals surface area contributed by atoms with Gasteiger partial charge in [-0.1, -0.05) is 70.2 Å². The molecule has 0 unspecified atom stereocenters. The summed E-state index contributed by atoms with van der Waals surface area (Å²) in [6.07, 6.45) is -3.48. The van der Waals surface area contributed by atoms with Crippen LogP contribution in [0, 0.1) is 11.8 Å². The normalized spacial score (nSPS) is 21.1. The number of thioether (sulfide) groups is 1. The number of aliphatic imine (C=N–C) groups is 3. The van der Waals surface area contributed by atoms with Crippen LogP contribution in [0.2, 0.25) is 0 Å². The highest BCUT2D eigenvalue weighted by molar-refractivity contribution is 8.00. The third kappa shape index (κ3) is 34.3. The van der Waals surface area contributed by atoms with E-state index in [-0.39, 0.29) is 133 Å². The predicted molar refractivity (Wildman–Crippen MR) is 423 cm³/mol. The first-order valence-electron chi connectivity index (χ1n) is 37.6. The van der Waals surface area contributed by atoms with Gasteiger partial charge in [0.25, 0.3) is 0 Å². The number of hydrogen-bond acceptors (Lipinski definition) is 22. The van der Waals surface area contributed by atoms with E-state index in [2.05, 4.69) is 78.8 Å². The fourth-order valence-electron chi connectivity index (χ4n) is 12.2. The molecule has 2 aliphatic rings. The van der Waals surface area contributed by atoms with Crippen molar-refractivity contribution >= 4 is 118 Å². The molecule has 2 fully saturated rings. The van der Waals surface area contributed by atoms with Crippen LogP contribution in [-0.2, 0) is 84.8 Å². The van der Waals surface area contributed by atoms with E-state index in [0.717, 1.165) is 16.7 Å². The number of nitrogens with zero attached hydrogens (tertiary/aromatic N) is 4. The molecule has 2 saturated heterocycles. The van der Waals surface area contributed by atoms with Crippen LogP contribution < -0.4 is 110 Å². The van der Waals surface area contributed by atoms with Crippen molar-refractivity contribution in [1.82, 2.24) is 68.7 Å². The lowest BCUT2D eigenvalue weighted by molar-refractivity contribution is -0.142. The van der Waals surface area contributed by atoms with E-state index in [4.69, 9.17) is 45.9 Å². The van der Waals surface area contributed by atoms with Crippen molar-refractivity contribution in [2.75, 3.05) is 44.3 Å². The van der Waals surface area contributed by atoms with Crippen molar-refractivity contribution in [3.63, 3.8) is 0 Å². The van der Waals surface area contributed by atoms with E-state index in [1.54, 1.807) is 58.0 Å². The maximum atomic E-state index is 15.2. The molecule has 2 heterocycles. The van der Waals surface area contributed by atoms with Gasteiger partial charge in [0.05, 0.1) is 24.9 Å². The maximum absolute atomic E-state index is 15.2. The Morgan fingerprint density at radius 2 is 0.991 bits per heavy atom. The van der Waals surface area contributed by atoms with Gasteiger partial charge in [-0.3, -0.25) is 86.9 Å². The molecule has 115 heavy (non-hydrogen) atoms. The van der Waals surface area contributed by atoms with Gasteiger partial charge in [-0.15, -0.1) is 11.8 Å². The SMILES string of the molecule is CC(C)C[C@@H]1NC(=O)[C@H](Cc2ccc(O)cc2)NC(=O)CSC[C@@H](C(=O)N[C@@H](CCCN=C(N)N)C(=O)N[C@@H](CCCN=C(N)N)C(=O)N[C@@H](C)C(=O)N2CCC[C@H]2C(=O)N[C@@H](CC(N)=O)C(=O)N[C@@H](CO)C(N)=O)NC(=O)[C@H](CC(C)C)NC(=O)[C@H]([C@@H](C)O)NC(=O)[C@H](Cc2ccccc2)NC(=O)[C@H](CCCN=C(N)N)NC1=O. The van der Waals surface area contributed by atoms with Crippen LogP contribution in [0.5, 0.6) is 5.75 Å². The first kappa shape index (κ1) is 95.7. The standard InChI is InChI=1S/C72H114N24O18S/c1-36(2)28-46-61(106)87-45(18-12-26-83-72(79)80)60(105)90-49(30-40-14-8-7-9-15-40)65(110)95-56(39(6)98)68(113)92-47(29-37(3)4)62(107)94-52(34-115-35-55(101)85-48(63(108)89-46)31-41-20-22-42(99)23-21-41)66(111)88-44(17-11-25-82-71(77)78)59(104)86-43(16-10-24-81-70(75)76)58(103)84-38(5)69(114)96-27-13-19-53(96)67(112)91-50(32-54(73)100)64(109)93-51(33-97)57(74)102/h7-9,14-15,20-23,36-39,43-53,56,97-99H,10-13,16-19,24-35H2,1-6H3,(H2,73,100)(H2,74,102)(H,84,103)(H,85,101)(H,86,104)(H,87,106)(H,88,111)(H,89,108)(H,90,105)(H,91,112)(H,92,113)(H,93,109)(H,94,107)(H,95,110)(H4,75,76,81)(H4,77,78,82)(H4,79,80,83)/t38-,39+,43-,44-,45-,46-,47-,48-,49-,50-,51-,52-,53-,56-/m0/s1. The van der Waals surface area contributed by atoms with Crippen molar-refractivity contribution in [2.24, 2.45) is 72.7 Å². The summed E-state index contributed by atoms with van der Waals surface area (Å²) in [6.45, 7) is 8.16. The summed E-state index contributed by atoms with van der Waals surface area (Å²) in [5.41, 5.74) is 45.2. The van der Waals surface area contributed by atoms with Crippen molar-refractivity contribution in [2.45, 2.75) is 210 Å². The number of rotatable bonds is 36. The van der Waals surface area contributed by atoms with Gasteiger partial charge in [-0.2, -0.15) is 0 Å². The molecule has 0 bridgehead atoms. The molecule has 0 spiro atoms. The van der Waals surface area contributed by atoms with Gasteiger partial charge in [0.2, 0.25) is 88.6 Å². The Balaban J connectivity index is 1.83. The second kappa shape index (κ2) is 48.4. The van der Waals surface area contributed by atoms with E-state index in [1.807, 2.05) is 0 Å². The van der Waals surface area contributed by atoms with E-state index >= 15 is 4.79 Å². The number of amides is 15. The van der Waals surface area contributed by atoms with Crippen molar-refractivity contribution in [3.05, 3.63) is 65.7 Å². The van der Waals surface area contributed by atoms with E-state index in [0.29, 0.717) is 11.1 Å². The summed E-state index contributed by atoms with van der Waals surface area (Å²) in [5, 5.41) is 61.8. The predicted octanol–water partition coefficient (Wildman–Crippen LogP) is -8.26. The number of nitrogens with two attached hydrogens (primary N) is 8. The van der Waals surface area contributed by atoms with Crippen LogP contribution in [-0.4, -0.2) is 256 Å². The Labute approximate surface area is 669 Å². The van der Waals surface area contributed by atoms with Crippen molar-refractivity contribution in [3.8, 4) is 5.75 Å². The minimum absolute atomic E-state index is 0.000170. The smallest absolute Gasteiger partial charge is 0.245 e. The topological polar surface area (TPSA) is 710 Å². The summed E-state index contributed by atoms with van der Waals surface area (Å²) >= 11 is 0.746. The number of aliphatic hydroxyl groups is 2. The highest BCUT2D eigenvalue weighted by Crippen LogP contribution is 2.21. The summed E-state index contributed by atoms with van der Waals surface area (Å²) < 4.78 is 0. The number of carbonyl (C=O) groups excluding carboxylic acids is 15. The van der Waals surface area contributed by atoms with Crippen LogP contribution in [0.15, 0.2) is 69.6 Å². The third-order valence-corrected chi connectivity index (χ3v) is 19.1. The summed E-state index contributed by atoms with van der Waals surface area (Å²) in [5.74, 6) is -17.7. The molecule has 2 aliphatic heterocycles. The van der Waals surface area contributed by atoms with Crippen molar-refractivity contribution < 1.29 is 87.2 Å². The zero-order chi connectivity index (χ0) is 85.8. The van der Waals surface area contributed by atoms with Gasteiger partial charge >= 0.3 is 0 Å². The number of likely N-dealkylation sites (tertiary alicyclic amines) is 1. The molecule has 31 N–H and O–H groups in total. The van der Waals surface area contributed by atoms with Crippen LogP contribution in [0.25, 0.3) is 0 Å². The second-order valence-corrected chi connectivity index (χ2v) is 29.8. The zero-order valence-corrected chi connectivity index (χ0v) is 66.2. The highest BCUT2D eigenvalue weighted by Gasteiger charge is 2.41. The summed E-state index contributed by atoms with van der Waals surface area (Å²) in [4.78, 5) is 226. The number of benzene rings is 2. The van der Waals surface area contributed by atoms with E-state index < -0.39 is 204 Å². The molecule has 4 rings (SSSR count). The molecule has 2 aromatic rings.